The Kier molecular flexibility index (Phi) is 6.83. The third-order valence-electron chi connectivity index (χ3n) is 4.56. The highest BCUT2D eigenvalue weighted by Crippen LogP contribution is 2.47. The maximum Gasteiger partial charge on any atom is 0.389 e. The summed E-state index contributed by atoms with van der Waals surface area (Å²) in [6, 6.07) is 0.250. The third-order valence-corrected chi connectivity index (χ3v) is 4.56. The molecule has 0 amide bonds. The van der Waals surface area contributed by atoms with Gasteiger partial charge < -0.3 is 5.32 Å². The molecule has 1 atom stereocenters. The van der Waals surface area contributed by atoms with Gasteiger partial charge in [0.1, 0.15) is 0 Å². The lowest BCUT2D eigenvalue weighted by Crippen LogP contribution is -2.44. The van der Waals surface area contributed by atoms with E-state index in [1.165, 1.54) is 25.7 Å². The van der Waals surface area contributed by atoms with Crippen molar-refractivity contribution in [3.63, 3.8) is 0 Å². The second-order valence-electron chi connectivity index (χ2n) is 6.79. The molecule has 0 aromatic carbocycles. The standard InChI is InChI=1S/C16H30F3N/c1-4-20-14(8-7-11-16(17,18)19)15(12-13(2)3)9-5-6-10-15/h13-14,20H,4-12H2,1-3H3. The molecule has 0 radical (unpaired) electrons. The summed E-state index contributed by atoms with van der Waals surface area (Å²) in [6.07, 6.45) is 2.19. The monoisotopic (exact) mass is 293 g/mol. The van der Waals surface area contributed by atoms with Crippen LogP contribution in [0.1, 0.15) is 72.1 Å². The van der Waals surface area contributed by atoms with E-state index in [0.717, 1.165) is 13.0 Å². The van der Waals surface area contributed by atoms with Crippen LogP contribution in [0.5, 0.6) is 0 Å². The van der Waals surface area contributed by atoms with Gasteiger partial charge in [0.25, 0.3) is 0 Å². The Morgan fingerprint density at radius 3 is 2.20 bits per heavy atom. The largest absolute Gasteiger partial charge is 0.389 e. The molecule has 0 aliphatic heterocycles. The maximum absolute atomic E-state index is 12.4. The summed E-state index contributed by atoms with van der Waals surface area (Å²) < 4.78 is 37.1. The van der Waals surface area contributed by atoms with Gasteiger partial charge in [0.2, 0.25) is 0 Å². The van der Waals surface area contributed by atoms with Crippen molar-refractivity contribution in [3.8, 4) is 0 Å². The van der Waals surface area contributed by atoms with Gasteiger partial charge in [0.15, 0.2) is 0 Å². The van der Waals surface area contributed by atoms with Gasteiger partial charge in [0, 0.05) is 12.5 Å². The topological polar surface area (TPSA) is 12.0 Å². The summed E-state index contributed by atoms with van der Waals surface area (Å²) in [5.41, 5.74) is 0.232. The van der Waals surface area contributed by atoms with E-state index in [2.05, 4.69) is 26.1 Å². The molecule has 1 fully saturated rings. The Labute approximate surface area is 121 Å². The van der Waals surface area contributed by atoms with Gasteiger partial charge >= 0.3 is 6.18 Å². The first-order chi connectivity index (χ1) is 9.29. The van der Waals surface area contributed by atoms with Gasteiger partial charge in [-0.05, 0) is 50.0 Å². The SMILES string of the molecule is CCNC(CCCC(F)(F)F)C1(CC(C)C)CCCC1. The molecule has 0 aromatic heterocycles. The molecule has 120 valence electrons. The molecule has 0 heterocycles. The van der Waals surface area contributed by atoms with Gasteiger partial charge in [-0.3, -0.25) is 0 Å². The molecule has 1 aliphatic carbocycles. The van der Waals surface area contributed by atoms with Crippen LogP contribution in [-0.4, -0.2) is 18.8 Å². The molecule has 0 bridgehead atoms. The molecule has 1 unspecified atom stereocenters. The second-order valence-corrected chi connectivity index (χ2v) is 6.79. The fourth-order valence-electron chi connectivity index (χ4n) is 3.96. The van der Waals surface area contributed by atoms with Crippen molar-refractivity contribution in [1.29, 1.82) is 0 Å². The smallest absolute Gasteiger partial charge is 0.314 e. The zero-order valence-electron chi connectivity index (χ0n) is 13.2. The summed E-state index contributed by atoms with van der Waals surface area (Å²) in [4.78, 5) is 0. The van der Waals surface area contributed by atoms with E-state index in [9.17, 15) is 13.2 Å². The first kappa shape index (κ1) is 17.8. The zero-order chi connectivity index (χ0) is 15.2. The molecule has 0 spiro atoms. The second kappa shape index (κ2) is 7.67. The normalized spacial score (nSPS) is 20.6. The maximum atomic E-state index is 12.4. The number of hydrogen-bond donors (Lipinski definition) is 1. The minimum absolute atomic E-state index is 0.232. The molecular formula is C16H30F3N. The predicted molar refractivity (Wildman–Crippen MR) is 77.7 cm³/mol. The van der Waals surface area contributed by atoms with Gasteiger partial charge in [-0.25, -0.2) is 0 Å². The van der Waals surface area contributed by atoms with Crippen LogP contribution in [0.4, 0.5) is 13.2 Å². The van der Waals surface area contributed by atoms with E-state index in [4.69, 9.17) is 0 Å². The van der Waals surface area contributed by atoms with Crippen LogP contribution < -0.4 is 5.32 Å². The number of halogens is 3. The first-order valence-corrected chi connectivity index (χ1v) is 8.09. The Balaban J connectivity index is 2.65. The number of nitrogens with one attached hydrogen (secondary N) is 1. The van der Waals surface area contributed by atoms with Gasteiger partial charge in [0.05, 0.1) is 0 Å². The van der Waals surface area contributed by atoms with E-state index in [0.29, 0.717) is 12.3 Å². The Morgan fingerprint density at radius 1 is 1.15 bits per heavy atom. The van der Waals surface area contributed by atoms with Crippen molar-refractivity contribution in [1.82, 2.24) is 5.32 Å². The molecule has 20 heavy (non-hydrogen) atoms. The minimum Gasteiger partial charge on any atom is -0.314 e. The summed E-state index contributed by atoms with van der Waals surface area (Å²) in [5.74, 6) is 0.608. The van der Waals surface area contributed by atoms with Gasteiger partial charge in [-0.2, -0.15) is 13.2 Å². The van der Waals surface area contributed by atoms with Gasteiger partial charge in [-0.1, -0.05) is 33.6 Å². The van der Waals surface area contributed by atoms with Crippen LogP contribution in [0.15, 0.2) is 0 Å². The molecule has 1 saturated carbocycles. The molecule has 1 rings (SSSR count). The third kappa shape index (κ3) is 5.63. The zero-order valence-corrected chi connectivity index (χ0v) is 13.2. The highest BCUT2D eigenvalue weighted by molar-refractivity contribution is 4.95. The molecule has 0 aromatic rings. The minimum atomic E-state index is -4.02. The van der Waals surface area contributed by atoms with Crippen LogP contribution in [0.2, 0.25) is 0 Å². The number of hydrogen-bond acceptors (Lipinski definition) is 1. The first-order valence-electron chi connectivity index (χ1n) is 8.09. The van der Waals surface area contributed by atoms with Crippen LogP contribution in [0.3, 0.4) is 0 Å². The Morgan fingerprint density at radius 2 is 1.75 bits per heavy atom. The molecular weight excluding hydrogens is 263 g/mol. The van der Waals surface area contributed by atoms with E-state index < -0.39 is 12.6 Å². The number of alkyl halides is 3. The van der Waals surface area contributed by atoms with Crippen LogP contribution in [0, 0.1) is 11.3 Å². The fourth-order valence-corrected chi connectivity index (χ4v) is 3.96. The van der Waals surface area contributed by atoms with Crippen molar-refractivity contribution >= 4 is 0 Å². The van der Waals surface area contributed by atoms with Crippen molar-refractivity contribution in [2.24, 2.45) is 11.3 Å². The van der Waals surface area contributed by atoms with Crippen molar-refractivity contribution in [3.05, 3.63) is 0 Å². The molecule has 1 aliphatic rings. The van der Waals surface area contributed by atoms with Crippen molar-refractivity contribution < 1.29 is 13.2 Å². The van der Waals surface area contributed by atoms with Crippen molar-refractivity contribution in [2.45, 2.75) is 84.4 Å². The number of rotatable bonds is 8. The van der Waals surface area contributed by atoms with Gasteiger partial charge in [-0.15, -0.1) is 0 Å². The Hall–Kier alpha value is -0.250. The van der Waals surface area contributed by atoms with Crippen molar-refractivity contribution in [2.75, 3.05) is 6.54 Å². The van der Waals surface area contributed by atoms with Crippen LogP contribution >= 0.6 is 0 Å². The summed E-state index contributed by atoms with van der Waals surface area (Å²) in [6.45, 7) is 7.34. The lowest BCUT2D eigenvalue weighted by molar-refractivity contribution is -0.136. The van der Waals surface area contributed by atoms with Crippen LogP contribution in [0.25, 0.3) is 0 Å². The quantitative estimate of drug-likeness (QED) is 0.640. The molecule has 4 heteroatoms. The van der Waals surface area contributed by atoms with E-state index in [-0.39, 0.29) is 17.9 Å². The van der Waals surface area contributed by atoms with E-state index in [1.54, 1.807) is 0 Å². The highest BCUT2D eigenvalue weighted by atomic mass is 19.4. The summed E-state index contributed by atoms with van der Waals surface area (Å²) in [7, 11) is 0. The average Bonchev–Trinajstić information content (AvgIpc) is 2.75. The highest BCUT2D eigenvalue weighted by Gasteiger charge is 2.41. The lowest BCUT2D eigenvalue weighted by atomic mass is 9.71. The predicted octanol–water partition coefficient (Wildman–Crippen LogP) is 5.30. The molecule has 0 saturated heterocycles. The average molecular weight is 293 g/mol. The summed E-state index contributed by atoms with van der Waals surface area (Å²) >= 11 is 0. The van der Waals surface area contributed by atoms with E-state index >= 15 is 0 Å². The lowest BCUT2D eigenvalue weighted by Gasteiger charge is -2.40. The van der Waals surface area contributed by atoms with Crippen LogP contribution in [-0.2, 0) is 0 Å². The Bertz CT molecular complexity index is 267. The molecule has 1 N–H and O–H groups in total. The van der Waals surface area contributed by atoms with E-state index in [1.807, 2.05) is 0 Å². The fraction of sp³-hybridized carbons (Fsp3) is 1.00. The molecule has 1 nitrogen and oxygen atoms in total. The summed E-state index contributed by atoms with van der Waals surface area (Å²) in [5, 5.41) is 3.49.